The van der Waals surface area contributed by atoms with Crippen LogP contribution in [0.1, 0.15) is 50.2 Å². The van der Waals surface area contributed by atoms with Crippen molar-refractivity contribution in [3.8, 4) is 5.75 Å². The summed E-state index contributed by atoms with van der Waals surface area (Å²) in [5, 5.41) is 13.1. The maximum atomic E-state index is 13.9. The molecule has 11 heteroatoms. The third-order valence-electron chi connectivity index (χ3n) is 6.96. The number of allylic oxidation sites excluding steroid dienone is 1. The molecule has 202 valence electrons. The molecule has 9 nitrogen and oxygen atoms in total. The molecule has 39 heavy (non-hydrogen) atoms. The van der Waals surface area contributed by atoms with Crippen LogP contribution in [0.15, 0.2) is 48.0 Å². The van der Waals surface area contributed by atoms with E-state index in [-0.39, 0.29) is 37.0 Å². The van der Waals surface area contributed by atoms with Gasteiger partial charge >= 0.3 is 0 Å². The molecule has 4 heterocycles. The molecular formula is C28H26F2N4O5. The Balaban J connectivity index is 1.38. The molecule has 0 spiro atoms. The van der Waals surface area contributed by atoms with Gasteiger partial charge in [-0.3, -0.25) is 14.4 Å². The van der Waals surface area contributed by atoms with Crippen molar-refractivity contribution in [1.82, 2.24) is 19.8 Å². The van der Waals surface area contributed by atoms with Crippen LogP contribution in [0.4, 0.5) is 8.78 Å². The van der Waals surface area contributed by atoms with Crippen LogP contribution in [0.2, 0.25) is 0 Å². The van der Waals surface area contributed by atoms with E-state index in [0.717, 1.165) is 22.9 Å². The van der Waals surface area contributed by atoms with E-state index in [1.165, 1.54) is 21.7 Å². The summed E-state index contributed by atoms with van der Waals surface area (Å²) in [7, 11) is 0. The average molecular weight is 537 g/mol. The Morgan fingerprint density at radius 3 is 2.82 bits per heavy atom. The van der Waals surface area contributed by atoms with Gasteiger partial charge < -0.3 is 29.6 Å². The van der Waals surface area contributed by atoms with Crippen LogP contribution in [0.5, 0.6) is 5.75 Å². The highest BCUT2D eigenvalue weighted by Crippen LogP contribution is 2.32. The number of benzene rings is 1. The number of fused-ring (bicyclic) bond motifs is 2. The largest absolute Gasteiger partial charge is 0.503 e. The predicted molar refractivity (Wildman–Crippen MR) is 139 cm³/mol. The molecule has 1 saturated heterocycles. The van der Waals surface area contributed by atoms with E-state index in [1.807, 2.05) is 25.3 Å². The van der Waals surface area contributed by atoms with Crippen molar-refractivity contribution in [2.45, 2.75) is 38.7 Å². The lowest BCUT2D eigenvalue weighted by Gasteiger charge is -2.34. The van der Waals surface area contributed by atoms with Crippen molar-refractivity contribution in [3.63, 3.8) is 0 Å². The molecule has 1 aromatic carbocycles. The first kappa shape index (κ1) is 26.1. The van der Waals surface area contributed by atoms with Gasteiger partial charge in [-0.25, -0.2) is 8.78 Å². The fourth-order valence-corrected chi connectivity index (χ4v) is 5.08. The minimum absolute atomic E-state index is 0.0168. The van der Waals surface area contributed by atoms with Crippen LogP contribution in [0.25, 0.3) is 12.2 Å². The van der Waals surface area contributed by atoms with Crippen molar-refractivity contribution < 1.29 is 28.2 Å². The lowest BCUT2D eigenvalue weighted by Crippen LogP contribution is -2.50. The monoisotopic (exact) mass is 536 g/mol. The molecule has 0 unspecified atom stereocenters. The standard InChI is InChI=1S/C28H26F2N4O5/c1-3-5-22-19(4-2)16(11-31-22)8-18-14-39-23-13-33-12-20(25(35)26(36)24(33)28(38)34(18)23)27(37)32-10-15-6-7-17(29)9-21(15)30/h3-7,9,11-12,18,23,31,36H,2,8,10,13-14H2,1H3,(H,32,37)/b5-3-/t18-,23+/m0/s1. The van der Waals surface area contributed by atoms with Gasteiger partial charge in [0.25, 0.3) is 11.8 Å². The zero-order chi connectivity index (χ0) is 27.8. The number of ether oxygens (including phenoxy) is 1. The molecule has 0 bridgehead atoms. The summed E-state index contributed by atoms with van der Waals surface area (Å²) in [5.74, 6) is -3.93. The van der Waals surface area contributed by atoms with E-state index in [0.29, 0.717) is 12.5 Å². The molecule has 3 aromatic rings. The Bertz CT molecular complexity index is 1570. The number of amides is 2. The number of pyridine rings is 1. The highest BCUT2D eigenvalue weighted by Gasteiger charge is 2.44. The summed E-state index contributed by atoms with van der Waals surface area (Å²) < 4.78 is 34.3. The molecule has 2 aromatic heterocycles. The fourth-order valence-electron chi connectivity index (χ4n) is 5.08. The smallest absolute Gasteiger partial charge is 0.276 e. The lowest BCUT2D eigenvalue weighted by atomic mass is 10.0. The zero-order valence-corrected chi connectivity index (χ0v) is 21.0. The summed E-state index contributed by atoms with van der Waals surface area (Å²) in [6.07, 6.45) is 8.40. The number of hydrogen-bond acceptors (Lipinski definition) is 5. The lowest BCUT2D eigenvalue weighted by molar-refractivity contribution is 0.00575. The molecular weight excluding hydrogens is 510 g/mol. The molecule has 0 aliphatic carbocycles. The predicted octanol–water partition coefficient (Wildman–Crippen LogP) is 3.19. The summed E-state index contributed by atoms with van der Waals surface area (Å²) in [4.78, 5) is 43.9. The topological polar surface area (TPSA) is 117 Å². The second-order valence-corrected chi connectivity index (χ2v) is 9.34. The number of halogens is 2. The van der Waals surface area contributed by atoms with Crippen molar-refractivity contribution >= 4 is 24.0 Å². The molecule has 5 rings (SSSR count). The van der Waals surface area contributed by atoms with Crippen molar-refractivity contribution in [1.29, 1.82) is 0 Å². The third-order valence-corrected chi connectivity index (χ3v) is 6.96. The molecule has 3 N–H and O–H groups in total. The van der Waals surface area contributed by atoms with Gasteiger partial charge in [0.1, 0.15) is 17.2 Å². The fraction of sp³-hybridized carbons (Fsp3) is 0.250. The van der Waals surface area contributed by atoms with Crippen LogP contribution in [0, 0.1) is 11.6 Å². The van der Waals surface area contributed by atoms with Crippen LogP contribution < -0.4 is 10.7 Å². The van der Waals surface area contributed by atoms with E-state index >= 15 is 0 Å². The third kappa shape index (κ3) is 4.65. The first-order chi connectivity index (χ1) is 18.7. The highest BCUT2D eigenvalue weighted by atomic mass is 19.1. The number of aromatic hydroxyl groups is 1. The van der Waals surface area contributed by atoms with Gasteiger partial charge in [-0.05, 0) is 31.1 Å². The van der Waals surface area contributed by atoms with E-state index in [4.69, 9.17) is 4.74 Å². The molecule has 2 aliphatic heterocycles. The van der Waals surface area contributed by atoms with E-state index < -0.39 is 46.4 Å². The van der Waals surface area contributed by atoms with Crippen molar-refractivity contribution in [2.24, 2.45) is 0 Å². The van der Waals surface area contributed by atoms with Crippen molar-refractivity contribution in [3.05, 3.63) is 98.7 Å². The summed E-state index contributed by atoms with van der Waals surface area (Å²) in [6, 6.07) is 2.55. The highest BCUT2D eigenvalue weighted by molar-refractivity contribution is 5.99. The van der Waals surface area contributed by atoms with Crippen molar-refractivity contribution in [2.75, 3.05) is 6.61 Å². The van der Waals surface area contributed by atoms with E-state index in [1.54, 1.807) is 6.08 Å². The van der Waals surface area contributed by atoms with E-state index in [9.17, 15) is 28.3 Å². The van der Waals surface area contributed by atoms with Gasteiger partial charge in [0.2, 0.25) is 5.43 Å². The van der Waals surface area contributed by atoms with Crippen LogP contribution >= 0.6 is 0 Å². The molecule has 2 amide bonds. The zero-order valence-electron chi connectivity index (χ0n) is 21.0. The second kappa shape index (κ2) is 10.3. The summed E-state index contributed by atoms with van der Waals surface area (Å²) in [5.41, 5.74) is 1.08. The Morgan fingerprint density at radius 1 is 1.31 bits per heavy atom. The van der Waals surface area contributed by atoms with Gasteiger partial charge in [-0.15, -0.1) is 0 Å². The normalized spacial score (nSPS) is 18.3. The number of carbonyl (C=O) groups excluding carboxylic acids is 2. The second-order valence-electron chi connectivity index (χ2n) is 9.34. The Labute approximate surface area is 222 Å². The van der Waals surface area contributed by atoms with Gasteiger partial charge in [0.05, 0.1) is 19.2 Å². The number of rotatable bonds is 7. The van der Waals surface area contributed by atoms with Crippen LogP contribution in [-0.4, -0.2) is 50.2 Å². The molecule has 2 aliphatic rings. The number of H-pyrrole nitrogens is 1. The maximum absolute atomic E-state index is 13.9. The molecule has 2 atom stereocenters. The molecule has 0 radical (unpaired) electrons. The van der Waals surface area contributed by atoms with Gasteiger partial charge in [0, 0.05) is 41.8 Å². The summed E-state index contributed by atoms with van der Waals surface area (Å²) in [6.45, 7) is 5.81. The van der Waals surface area contributed by atoms with Gasteiger partial charge in [-0.2, -0.15) is 0 Å². The quantitative estimate of drug-likeness (QED) is 0.429. The average Bonchev–Trinajstić information content (AvgIpc) is 3.49. The number of nitrogens with one attached hydrogen (secondary N) is 2. The van der Waals surface area contributed by atoms with Gasteiger partial charge in [-0.1, -0.05) is 24.8 Å². The minimum Gasteiger partial charge on any atom is -0.503 e. The molecule has 1 fully saturated rings. The number of carbonyl (C=O) groups is 2. The Morgan fingerprint density at radius 2 is 2.10 bits per heavy atom. The van der Waals surface area contributed by atoms with Gasteiger partial charge in [0.15, 0.2) is 17.7 Å². The van der Waals surface area contributed by atoms with Crippen LogP contribution in [0.3, 0.4) is 0 Å². The number of nitrogens with zero attached hydrogens (tertiary/aromatic N) is 2. The van der Waals surface area contributed by atoms with E-state index in [2.05, 4.69) is 16.9 Å². The number of aromatic amines is 1. The Kier molecular flexibility index (Phi) is 6.92. The van der Waals surface area contributed by atoms with Crippen LogP contribution in [-0.2, 0) is 24.2 Å². The minimum atomic E-state index is -1.03. The maximum Gasteiger partial charge on any atom is 0.276 e. The SMILES string of the molecule is C=Cc1c(C[C@H]2CO[C@@H]3Cn4cc(C(=O)NCc5ccc(F)cc5F)c(=O)c(O)c4C(=O)N23)c[nH]c1/C=C\C. The summed E-state index contributed by atoms with van der Waals surface area (Å²) >= 11 is 0. The Hall–Kier alpha value is -4.51. The number of aromatic nitrogens is 2. The number of hydrogen-bond donors (Lipinski definition) is 3. The first-order valence-corrected chi connectivity index (χ1v) is 12.3. The molecule has 0 saturated carbocycles. The first-order valence-electron chi connectivity index (χ1n) is 12.3.